The zero-order valence-electron chi connectivity index (χ0n) is 11.5. The Balaban J connectivity index is 2.12. The number of hydrogen-bond donors (Lipinski definition) is 3. The van der Waals surface area contributed by atoms with Crippen molar-refractivity contribution in [3.63, 3.8) is 0 Å². The van der Waals surface area contributed by atoms with Gasteiger partial charge >= 0.3 is 5.97 Å². The third-order valence-electron chi connectivity index (χ3n) is 2.89. The van der Waals surface area contributed by atoms with Crippen molar-refractivity contribution in [2.24, 2.45) is 7.05 Å². The van der Waals surface area contributed by atoms with Gasteiger partial charge in [0.25, 0.3) is 5.91 Å². The van der Waals surface area contributed by atoms with Gasteiger partial charge < -0.3 is 20.1 Å². The number of aliphatic hydroxyl groups is 1. The Kier molecular flexibility index (Phi) is 4.39. The lowest BCUT2D eigenvalue weighted by atomic mass is 10.2. The molecule has 2 rings (SSSR count). The molecule has 8 heteroatoms. The summed E-state index contributed by atoms with van der Waals surface area (Å²) in [6.07, 6.45) is 0.159. The van der Waals surface area contributed by atoms with E-state index in [-0.39, 0.29) is 6.54 Å². The average Bonchev–Trinajstić information content (AvgIpc) is 3.01. The van der Waals surface area contributed by atoms with Crippen molar-refractivity contribution >= 4 is 23.2 Å². The van der Waals surface area contributed by atoms with Crippen molar-refractivity contribution in [1.29, 1.82) is 0 Å². The third-order valence-corrected chi connectivity index (χ3v) is 3.67. The van der Waals surface area contributed by atoms with E-state index >= 15 is 0 Å². The SMILES string of the molecule is Cc1nc(-c2cc(C(=O)NCC(O)C(=O)O)n(C)c2)cs1. The number of carbonyl (C=O) groups is 2. The molecule has 2 heterocycles. The van der Waals surface area contributed by atoms with Crippen LogP contribution in [0.15, 0.2) is 17.6 Å². The molecule has 0 fully saturated rings. The predicted octanol–water partition coefficient (Wildman–Crippen LogP) is 0.632. The maximum Gasteiger partial charge on any atom is 0.334 e. The van der Waals surface area contributed by atoms with Crippen molar-refractivity contribution in [2.75, 3.05) is 6.54 Å². The minimum absolute atomic E-state index is 0.343. The van der Waals surface area contributed by atoms with Crippen molar-refractivity contribution in [3.05, 3.63) is 28.3 Å². The van der Waals surface area contributed by atoms with Crippen LogP contribution in [-0.4, -0.2) is 44.3 Å². The van der Waals surface area contributed by atoms with E-state index in [9.17, 15) is 9.59 Å². The molecule has 0 saturated heterocycles. The molecule has 1 amide bonds. The van der Waals surface area contributed by atoms with Crippen molar-refractivity contribution in [2.45, 2.75) is 13.0 Å². The molecular formula is C13H15N3O4S. The van der Waals surface area contributed by atoms with E-state index in [2.05, 4.69) is 10.3 Å². The number of aromatic nitrogens is 2. The Labute approximate surface area is 124 Å². The van der Waals surface area contributed by atoms with Gasteiger partial charge in [-0.25, -0.2) is 9.78 Å². The molecule has 0 bridgehead atoms. The third kappa shape index (κ3) is 3.47. The molecule has 0 radical (unpaired) electrons. The molecule has 2 aromatic rings. The van der Waals surface area contributed by atoms with Crippen LogP contribution < -0.4 is 5.32 Å². The molecule has 0 aliphatic rings. The van der Waals surface area contributed by atoms with Crippen LogP contribution in [0.25, 0.3) is 11.3 Å². The monoisotopic (exact) mass is 309 g/mol. The van der Waals surface area contributed by atoms with Gasteiger partial charge in [-0.05, 0) is 13.0 Å². The number of carboxylic acids is 1. The van der Waals surface area contributed by atoms with E-state index in [1.54, 1.807) is 23.9 Å². The van der Waals surface area contributed by atoms with E-state index < -0.39 is 18.0 Å². The fraction of sp³-hybridized carbons (Fsp3) is 0.308. The van der Waals surface area contributed by atoms with Gasteiger partial charge in [-0.1, -0.05) is 0 Å². The molecule has 21 heavy (non-hydrogen) atoms. The second-order valence-corrected chi connectivity index (χ2v) is 5.60. The number of thiazole rings is 1. The number of nitrogens with zero attached hydrogens (tertiary/aromatic N) is 2. The van der Waals surface area contributed by atoms with Gasteiger partial charge in [0.05, 0.1) is 17.2 Å². The topological polar surface area (TPSA) is 104 Å². The molecule has 1 unspecified atom stereocenters. The number of aliphatic carboxylic acids is 1. The van der Waals surface area contributed by atoms with Crippen molar-refractivity contribution in [3.8, 4) is 11.3 Å². The first-order valence-corrected chi connectivity index (χ1v) is 7.04. The van der Waals surface area contributed by atoms with E-state index in [1.165, 1.54) is 11.3 Å². The molecule has 0 aliphatic carbocycles. The van der Waals surface area contributed by atoms with Gasteiger partial charge in [0, 0.05) is 24.2 Å². The number of nitrogens with one attached hydrogen (secondary N) is 1. The number of hydrogen-bond acceptors (Lipinski definition) is 5. The highest BCUT2D eigenvalue weighted by atomic mass is 32.1. The smallest absolute Gasteiger partial charge is 0.334 e. The van der Waals surface area contributed by atoms with Crippen LogP contribution in [0.1, 0.15) is 15.5 Å². The minimum Gasteiger partial charge on any atom is -0.479 e. The minimum atomic E-state index is -1.62. The summed E-state index contributed by atoms with van der Waals surface area (Å²) in [5.74, 6) is -1.82. The summed E-state index contributed by atoms with van der Waals surface area (Å²) in [5, 5.41) is 22.9. The zero-order valence-corrected chi connectivity index (χ0v) is 12.3. The lowest BCUT2D eigenvalue weighted by molar-refractivity contribution is -0.146. The maximum absolute atomic E-state index is 12.0. The fourth-order valence-corrected chi connectivity index (χ4v) is 2.42. The Hall–Kier alpha value is -2.19. The quantitative estimate of drug-likeness (QED) is 0.751. The number of rotatable bonds is 5. The first-order chi connectivity index (χ1) is 9.88. The van der Waals surface area contributed by atoms with Gasteiger partial charge in [0.1, 0.15) is 5.69 Å². The first-order valence-electron chi connectivity index (χ1n) is 6.16. The second-order valence-electron chi connectivity index (χ2n) is 4.54. The largest absolute Gasteiger partial charge is 0.479 e. The van der Waals surface area contributed by atoms with Gasteiger partial charge in [-0.2, -0.15) is 0 Å². The Morgan fingerprint density at radius 2 is 2.24 bits per heavy atom. The molecule has 1 atom stereocenters. The fourth-order valence-electron chi connectivity index (χ4n) is 1.79. The van der Waals surface area contributed by atoms with Crippen LogP contribution in [0.5, 0.6) is 0 Å². The summed E-state index contributed by atoms with van der Waals surface area (Å²) in [5.41, 5.74) is 1.97. The van der Waals surface area contributed by atoms with E-state index in [4.69, 9.17) is 10.2 Å². The molecule has 0 aliphatic heterocycles. The van der Waals surface area contributed by atoms with E-state index in [1.807, 2.05) is 12.3 Å². The summed E-state index contributed by atoms with van der Waals surface area (Å²) in [6, 6.07) is 1.68. The van der Waals surface area contributed by atoms with E-state index in [0.29, 0.717) is 5.69 Å². The second kappa shape index (κ2) is 6.06. The lowest BCUT2D eigenvalue weighted by Gasteiger charge is -2.08. The summed E-state index contributed by atoms with van der Waals surface area (Å²) in [7, 11) is 1.71. The van der Waals surface area contributed by atoms with Crippen molar-refractivity contribution < 1.29 is 19.8 Å². The Morgan fingerprint density at radius 3 is 2.81 bits per heavy atom. The standard InChI is InChI=1S/C13H15N3O4S/c1-7-15-9(6-21-7)8-3-10(16(2)5-8)12(18)14-4-11(17)13(19)20/h3,5-6,11,17H,4H2,1-2H3,(H,14,18)(H,19,20). The summed E-state index contributed by atoms with van der Waals surface area (Å²) in [4.78, 5) is 26.8. The molecule has 0 saturated carbocycles. The summed E-state index contributed by atoms with van der Waals surface area (Å²) < 4.78 is 1.63. The highest BCUT2D eigenvalue weighted by Gasteiger charge is 2.17. The average molecular weight is 309 g/mol. The first kappa shape index (κ1) is 15.2. The normalized spacial score (nSPS) is 12.1. The van der Waals surface area contributed by atoms with Gasteiger partial charge in [0.15, 0.2) is 6.10 Å². The predicted molar refractivity (Wildman–Crippen MR) is 77.2 cm³/mol. The maximum atomic E-state index is 12.0. The number of aryl methyl sites for hydroxylation is 2. The van der Waals surface area contributed by atoms with Gasteiger partial charge in [-0.3, -0.25) is 4.79 Å². The Morgan fingerprint density at radius 1 is 1.52 bits per heavy atom. The number of carbonyl (C=O) groups excluding carboxylic acids is 1. The number of aliphatic hydroxyl groups excluding tert-OH is 1. The van der Waals surface area contributed by atoms with Crippen LogP contribution in [0.4, 0.5) is 0 Å². The van der Waals surface area contributed by atoms with Crippen molar-refractivity contribution in [1.82, 2.24) is 14.9 Å². The van der Waals surface area contributed by atoms with Crippen LogP contribution in [-0.2, 0) is 11.8 Å². The summed E-state index contributed by atoms with van der Waals surface area (Å²) >= 11 is 1.52. The molecule has 2 aromatic heterocycles. The van der Waals surface area contributed by atoms with Crippen LogP contribution in [0.2, 0.25) is 0 Å². The lowest BCUT2D eigenvalue weighted by Crippen LogP contribution is -2.37. The van der Waals surface area contributed by atoms with Gasteiger partial charge in [0.2, 0.25) is 0 Å². The molecule has 0 aromatic carbocycles. The van der Waals surface area contributed by atoms with Crippen LogP contribution >= 0.6 is 11.3 Å². The van der Waals surface area contributed by atoms with Crippen LogP contribution in [0, 0.1) is 6.92 Å². The van der Waals surface area contributed by atoms with Crippen LogP contribution in [0.3, 0.4) is 0 Å². The summed E-state index contributed by atoms with van der Waals surface area (Å²) in [6.45, 7) is 1.56. The molecule has 3 N–H and O–H groups in total. The van der Waals surface area contributed by atoms with Gasteiger partial charge in [-0.15, -0.1) is 11.3 Å². The number of carboxylic acid groups (broad SMARTS) is 1. The highest BCUT2D eigenvalue weighted by molar-refractivity contribution is 7.09. The molecule has 112 valence electrons. The Bertz CT molecular complexity index is 677. The molecule has 7 nitrogen and oxygen atoms in total. The molecule has 0 spiro atoms. The molecular weight excluding hydrogens is 294 g/mol. The number of amides is 1. The zero-order chi connectivity index (χ0) is 15.6. The van der Waals surface area contributed by atoms with E-state index in [0.717, 1.165) is 16.3 Å². The highest BCUT2D eigenvalue weighted by Crippen LogP contribution is 2.23.